The van der Waals surface area contributed by atoms with Crippen LogP contribution in [-0.2, 0) is 4.79 Å². The lowest BCUT2D eigenvalue weighted by molar-refractivity contribution is -0.135. The highest BCUT2D eigenvalue weighted by Gasteiger charge is 2.25. The van der Waals surface area contributed by atoms with Crippen LogP contribution in [0.25, 0.3) is 22.3 Å². The fourth-order valence-electron chi connectivity index (χ4n) is 4.28. The molecule has 34 heavy (non-hydrogen) atoms. The van der Waals surface area contributed by atoms with Gasteiger partial charge in [-0.05, 0) is 44.0 Å². The number of piperidine rings is 1. The van der Waals surface area contributed by atoms with Crippen LogP contribution in [0, 0.1) is 6.92 Å². The number of nitrogens with zero attached hydrogens (tertiary/aromatic N) is 4. The molecule has 1 aliphatic heterocycles. The van der Waals surface area contributed by atoms with Crippen molar-refractivity contribution in [3.8, 4) is 17.0 Å². The normalized spacial score (nSPS) is 14.2. The fraction of sp³-hybridized carbons (Fsp3) is 0.360. The fourth-order valence-corrected chi connectivity index (χ4v) is 4.28. The molecule has 9 heteroatoms. The maximum atomic E-state index is 13.0. The Bertz CT molecular complexity index is 1210. The Balaban J connectivity index is 1.54. The predicted molar refractivity (Wildman–Crippen MR) is 130 cm³/mol. The first-order valence-corrected chi connectivity index (χ1v) is 11.3. The maximum absolute atomic E-state index is 13.0. The summed E-state index contributed by atoms with van der Waals surface area (Å²) in [6, 6.07) is 11.3. The van der Waals surface area contributed by atoms with Gasteiger partial charge >= 0.3 is 6.03 Å². The van der Waals surface area contributed by atoms with E-state index in [4.69, 9.17) is 14.8 Å². The van der Waals surface area contributed by atoms with Gasteiger partial charge in [-0.1, -0.05) is 12.1 Å². The molecular weight excluding hydrogens is 434 g/mol. The average Bonchev–Trinajstić information content (AvgIpc) is 2.88. The summed E-state index contributed by atoms with van der Waals surface area (Å²) < 4.78 is 5.48. The maximum Gasteiger partial charge on any atom is 0.321 e. The van der Waals surface area contributed by atoms with Crippen LogP contribution in [0.5, 0.6) is 5.75 Å². The van der Waals surface area contributed by atoms with Crippen molar-refractivity contribution >= 4 is 28.7 Å². The van der Waals surface area contributed by atoms with Gasteiger partial charge in [-0.15, -0.1) is 0 Å². The SMILES string of the molecule is COc1ccccc1-c1ccc2ncc(N(C)C(=O)NC3CCN(C(=O)CO)CC3)c(C)c2n1. The number of ether oxygens (including phenoxy) is 1. The minimum atomic E-state index is -0.485. The lowest BCUT2D eigenvalue weighted by Crippen LogP contribution is -2.50. The summed E-state index contributed by atoms with van der Waals surface area (Å²) in [5.41, 5.74) is 4.63. The van der Waals surface area contributed by atoms with Crippen molar-refractivity contribution in [1.29, 1.82) is 0 Å². The number of fused-ring (bicyclic) bond motifs is 1. The quantitative estimate of drug-likeness (QED) is 0.602. The number of anilines is 1. The number of hydrogen-bond donors (Lipinski definition) is 2. The molecular formula is C25H29N5O4. The van der Waals surface area contributed by atoms with E-state index in [0.717, 1.165) is 33.6 Å². The van der Waals surface area contributed by atoms with Crippen LogP contribution in [0.2, 0.25) is 0 Å². The molecule has 3 heterocycles. The molecule has 1 aromatic carbocycles. The van der Waals surface area contributed by atoms with E-state index in [0.29, 0.717) is 31.6 Å². The smallest absolute Gasteiger partial charge is 0.321 e. The van der Waals surface area contributed by atoms with Crippen LogP contribution in [0.4, 0.5) is 10.5 Å². The number of aromatic nitrogens is 2. The first kappa shape index (κ1) is 23.4. The van der Waals surface area contributed by atoms with Gasteiger partial charge in [0.15, 0.2) is 0 Å². The van der Waals surface area contributed by atoms with Crippen molar-refractivity contribution in [2.75, 3.05) is 38.8 Å². The Morgan fingerprint density at radius 2 is 1.94 bits per heavy atom. The van der Waals surface area contributed by atoms with E-state index in [1.54, 1.807) is 30.2 Å². The Morgan fingerprint density at radius 3 is 2.65 bits per heavy atom. The number of carbonyl (C=O) groups is 2. The van der Waals surface area contributed by atoms with Gasteiger partial charge in [0.25, 0.3) is 0 Å². The Labute approximate surface area is 198 Å². The number of benzene rings is 1. The minimum absolute atomic E-state index is 0.0401. The highest BCUT2D eigenvalue weighted by Crippen LogP contribution is 2.31. The van der Waals surface area contributed by atoms with E-state index >= 15 is 0 Å². The van der Waals surface area contributed by atoms with Crippen molar-refractivity contribution in [3.63, 3.8) is 0 Å². The van der Waals surface area contributed by atoms with Crippen molar-refractivity contribution < 1.29 is 19.4 Å². The van der Waals surface area contributed by atoms with Gasteiger partial charge in [0.1, 0.15) is 12.4 Å². The zero-order valence-corrected chi connectivity index (χ0v) is 19.6. The Morgan fingerprint density at radius 1 is 1.21 bits per heavy atom. The third-order valence-corrected chi connectivity index (χ3v) is 6.30. The van der Waals surface area contributed by atoms with E-state index in [-0.39, 0.29) is 18.0 Å². The van der Waals surface area contributed by atoms with Gasteiger partial charge in [-0.2, -0.15) is 0 Å². The number of aryl methyl sites for hydroxylation is 1. The topological polar surface area (TPSA) is 108 Å². The van der Waals surface area contributed by atoms with Crippen LogP contribution in [0.1, 0.15) is 18.4 Å². The van der Waals surface area contributed by atoms with Crippen LogP contribution in [0.3, 0.4) is 0 Å². The van der Waals surface area contributed by atoms with Crippen molar-refractivity contribution in [3.05, 3.63) is 48.2 Å². The molecule has 0 spiro atoms. The third-order valence-electron chi connectivity index (χ3n) is 6.30. The molecule has 0 radical (unpaired) electrons. The Kier molecular flexibility index (Phi) is 6.93. The number of para-hydroxylation sites is 1. The standard InChI is InChI=1S/C25H29N5O4/c1-16-21(29(2)25(33)27-17-10-12-30(13-11-17)23(32)15-31)14-26-20-9-8-19(28-24(16)20)18-6-4-5-7-22(18)34-3/h4-9,14,17,31H,10-13,15H2,1-3H3,(H,27,33). The van der Waals surface area contributed by atoms with Crippen molar-refractivity contribution in [2.45, 2.75) is 25.8 Å². The van der Waals surface area contributed by atoms with Gasteiger partial charge < -0.3 is 20.1 Å². The number of nitrogens with one attached hydrogen (secondary N) is 1. The molecule has 0 unspecified atom stereocenters. The van der Waals surface area contributed by atoms with Gasteiger partial charge in [0.05, 0.1) is 35.7 Å². The molecule has 1 saturated heterocycles. The van der Waals surface area contributed by atoms with E-state index in [2.05, 4.69) is 10.3 Å². The molecule has 9 nitrogen and oxygen atoms in total. The summed E-state index contributed by atoms with van der Waals surface area (Å²) in [6.45, 7) is 2.47. The van der Waals surface area contributed by atoms with Gasteiger partial charge in [-0.25, -0.2) is 9.78 Å². The number of carbonyl (C=O) groups excluding carboxylic acids is 2. The number of aliphatic hydroxyl groups excluding tert-OH is 1. The number of aliphatic hydroxyl groups is 1. The lowest BCUT2D eigenvalue weighted by atomic mass is 10.1. The molecule has 2 aromatic heterocycles. The predicted octanol–water partition coefficient (Wildman–Crippen LogP) is 2.74. The molecule has 0 atom stereocenters. The first-order chi connectivity index (χ1) is 16.4. The molecule has 0 aliphatic carbocycles. The number of amides is 3. The van der Waals surface area contributed by atoms with Crippen molar-refractivity contribution in [1.82, 2.24) is 20.2 Å². The summed E-state index contributed by atoms with van der Waals surface area (Å²) in [5, 5.41) is 12.1. The van der Waals surface area contributed by atoms with E-state index in [9.17, 15) is 9.59 Å². The minimum Gasteiger partial charge on any atom is -0.496 e. The zero-order chi connectivity index (χ0) is 24.2. The van der Waals surface area contributed by atoms with Crippen LogP contribution >= 0.6 is 0 Å². The van der Waals surface area contributed by atoms with Crippen molar-refractivity contribution in [2.24, 2.45) is 0 Å². The molecule has 178 valence electrons. The highest BCUT2D eigenvalue weighted by atomic mass is 16.5. The highest BCUT2D eigenvalue weighted by molar-refractivity contribution is 5.95. The third kappa shape index (κ3) is 4.65. The summed E-state index contributed by atoms with van der Waals surface area (Å²) in [5.74, 6) is 0.457. The molecule has 1 aliphatic rings. The molecule has 2 N–H and O–H groups in total. The number of pyridine rings is 2. The summed E-state index contributed by atoms with van der Waals surface area (Å²) in [4.78, 5) is 37.2. The van der Waals surface area contributed by atoms with Gasteiger partial charge in [0.2, 0.25) is 5.91 Å². The van der Waals surface area contributed by atoms with Gasteiger partial charge in [-0.3, -0.25) is 14.7 Å². The monoisotopic (exact) mass is 463 g/mol. The molecule has 4 rings (SSSR count). The molecule has 3 aromatic rings. The summed E-state index contributed by atoms with van der Waals surface area (Å²) >= 11 is 0. The Hall–Kier alpha value is -3.72. The zero-order valence-electron chi connectivity index (χ0n) is 19.6. The molecule has 3 amide bonds. The van der Waals surface area contributed by atoms with Gasteiger partial charge in [0, 0.05) is 37.3 Å². The second kappa shape index (κ2) is 10.0. The second-order valence-corrected chi connectivity index (χ2v) is 8.35. The van der Waals surface area contributed by atoms with E-state index in [1.807, 2.05) is 43.3 Å². The average molecular weight is 464 g/mol. The first-order valence-electron chi connectivity index (χ1n) is 11.3. The van der Waals surface area contributed by atoms with Crippen LogP contribution < -0.4 is 15.0 Å². The second-order valence-electron chi connectivity index (χ2n) is 8.35. The number of hydrogen-bond acceptors (Lipinski definition) is 6. The molecule has 1 fully saturated rings. The largest absolute Gasteiger partial charge is 0.496 e. The summed E-state index contributed by atoms with van der Waals surface area (Å²) in [6.07, 6.45) is 2.97. The van der Waals surface area contributed by atoms with E-state index < -0.39 is 6.61 Å². The molecule has 0 bridgehead atoms. The van der Waals surface area contributed by atoms with Crippen LogP contribution in [0.15, 0.2) is 42.6 Å². The lowest BCUT2D eigenvalue weighted by Gasteiger charge is -2.33. The summed E-state index contributed by atoms with van der Waals surface area (Å²) in [7, 11) is 3.34. The number of likely N-dealkylation sites (tertiary alicyclic amines) is 1. The molecule has 0 saturated carbocycles. The number of urea groups is 1. The number of methoxy groups -OCH3 is 1. The number of rotatable bonds is 5. The van der Waals surface area contributed by atoms with E-state index in [1.165, 1.54) is 0 Å². The van der Waals surface area contributed by atoms with Crippen LogP contribution in [-0.4, -0.2) is 71.8 Å².